The number of sulfonamides is 1. The van der Waals surface area contributed by atoms with Crippen LogP contribution < -0.4 is 9.54 Å². The molecule has 0 bridgehead atoms. The van der Waals surface area contributed by atoms with Crippen LogP contribution in [0, 0.1) is 16.0 Å². The molecule has 0 spiro atoms. The molecule has 37 heavy (non-hydrogen) atoms. The van der Waals surface area contributed by atoms with Crippen molar-refractivity contribution in [1.29, 1.82) is 0 Å². The summed E-state index contributed by atoms with van der Waals surface area (Å²) in [5, 5.41) is 11.2. The largest absolute Gasteiger partial charge is 0.497 e. The molecule has 1 fully saturated rings. The number of non-ortho nitro benzene ring substituents is 1. The van der Waals surface area contributed by atoms with Crippen LogP contribution in [0.2, 0.25) is 0 Å². The molecule has 196 valence electrons. The van der Waals surface area contributed by atoms with Gasteiger partial charge in [0.2, 0.25) is 10.0 Å². The second-order valence-corrected chi connectivity index (χ2v) is 11.2. The molecule has 1 aliphatic heterocycles. The van der Waals surface area contributed by atoms with Crippen molar-refractivity contribution >= 4 is 49.1 Å². The molecule has 0 N–H and O–H groups in total. The number of ether oxygens (including phenoxy) is 2. The highest BCUT2D eigenvalue weighted by molar-refractivity contribution is 7.89. The van der Waals surface area contributed by atoms with Crippen molar-refractivity contribution in [1.82, 2.24) is 8.87 Å². The Balaban J connectivity index is 1.56. The molecule has 2 heterocycles. The zero-order valence-electron chi connectivity index (χ0n) is 20.0. The van der Waals surface area contributed by atoms with E-state index in [1.54, 1.807) is 12.1 Å². The molecule has 1 aliphatic rings. The summed E-state index contributed by atoms with van der Waals surface area (Å²) in [7, 11) is -0.989. The smallest absolute Gasteiger partial charge is 0.325 e. The van der Waals surface area contributed by atoms with Gasteiger partial charge in [0.25, 0.3) is 11.6 Å². The Labute approximate surface area is 216 Å². The molecule has 2 aromatic carbocycles. The number of hydrogen-bond donors (Lipinski definition) is 0. The lowest BCUT2D eigenvalue weighted by Gasteiger charge is -2.29. The monoisotopic (exact) mass is 548 g/mol. The normalized spacial score (nSPS) is 15.6. The number of rotatable bonds is 7. The lowest BCUT2D eigenvalue weighted by molar-refractivity contribution is -0.384. The fraction of sp³-hybridized carbons (Fsp3) is 0.348. The van der Waals surface area contributed by atoms with E-state index >= 15 is 0 Å². The Kier molecular flexibility index (Phi) is 7.71. The zero-order valence-corrected chi connectivity index (χ0v) is 21.7. The van der Waals surface area contributed by atoms with Crippen LogP contribution in [-0.4, -0.2) is 61.4 Å². The standard InChI is InChI=1S/C23H24N4O8S2/c1-34-17-4-6-18(7-5-17)37(32,33)25-11-9-15(10-12-25)22(29)24-23-26(14-21(28)35-2)19-8-3-16(27(30)31)13-20(19)36-23/h3-8,13,15H,9-12,14H2,1-2H3. The highest BCUT2D eigenvalue weighted by atomic mass is 32.2. The number of hydrogen-bond acceptors (Lipinski definition) is 9. The maximum atomic E-state index is 13.0. The average Bonchev–Trinajstić information content (AvgIpc) is 3.24. The second-order valence-electron chi connectivity index (χ2n) is 8.26. The van der Waals surface area contributed by atoms with Gasteiger partial charge in [0.05, 0.1) is 34.3 Å². The molecule has 0 saturated carbocycles. The summed E-state index contributed by atoms with van der Waals surface area (Å²) in [4.78, 5) is 40.2. The molecule has 1 aromatic heterocycles. The summed E-state index contributed by atoms with van der Waals surface area (Å²) in [6.07, 6.45) is 0.566. The molecule has 3 aromatic rings. The Morgan fingerprint density at radius 3 is 2.41 bits per heavy atom. The first kappa shape index (κ1) is 26.4. The predicted octanol–water partition coefficient (Wildman–Crippen LogP) is 2.32. The second kappa shape index (κ2) is 10.8. The van der Waals surface area contributed by atoms with E-state index in [0.717, 1.165) is 11.3 Å². The summed E-state index contributed by atoms with van der Waals surface area (Å²) in [5.41, 5.74) is 0.384. The van der Waals surface area contributed by atoms with Crippen molar-refractivity contribution in [3.63, 3.8) is 0 Å². The number of thiazole rings is 1. The Morgan fingerprint density at radius 1 is 1.14 bits per heavy atom. The number of aromatic nitrogens is 1. The molecule has 0 aliphatic carbocycles. The maximum Gasteiger partial charge on any atom is 0.325 e. The molecule has 0 radical (unpaired) electrons. The van der Waals surface area contributed by atoms with Crippen LogP contribution in [0.5, 0.6) is 5.75 Å². The van der Waals surface area contributed by atoms with E-state index in [0.29, 0.717) is 16.0 Å². The average molecular weight is 549 g/mol. The number of nitro groups is 1. The Morgan fingerprint density at radius 2 is 1.81 bits per heavy atom. The van der Waals surface area contributed by atoms with E-state index in [1.807, 2.05) is 0 Å². The van der Waals surface area contributed by atoms with Gasteiger partial charge < -0.3 is 14.0 Å². The van der Waals surface area contributed by atoms with Crippen LogP contribution in [0.15, 0.2) is 52.4 Å². The number of esters is 1. The van der Waals surface area contributed by atoms with Crippen LogP contribution in [-0.2, 0) is 30.9 Å². The minimum atomic E-state index is -3.72. The first-order valence-corrected chi connectivity index (χ1v) is 13.5. The van der Waals surface area contributed by atoms with Crippen LogP contribution in [0.4, 0.5) is 5.69 Å². The minimum absolute atomic E-state index is 0.123. The van der Waals surface area contributed by atoms with E-state index in [1.165, 1.54) is 53.4 Å². The van der Waals surface area contributed by atoms with Gasteiger partial charge in [-0.15, -0.1) is 0 Å². The molecular formula is C23H24N4O8S2. The van der Waals surface area contributed by atoms with Gasteiger partial charge in [-0.1, -0.05) is 11.3 Å². The Bertz CT molecular complexity index is 1520. The quantitative estimate of drug-likeness (QED) is 0.248. The summed E-state index contributed by atoms with van der Waals surface area (Å²) in [6, 6.07) is 10.3. The van der Waals surface area contributed by atoms with E-state index in [2.05, 4.69) is 4.99 Å². The summed E-state index contributed by atoms with van der Waals surface area (Å²) in [5.74, 6) is -0.969. The molecule has 0 atom stereocenters. The highest BCUT2D eigenvalue weighted by Crippen LogP contribution is 2.27. The SMILES string of the molecule is COC(=O)Cn1c(=NC(=O)C2CCN(S(=O)(=O)c3ccc(OC)cc3)CC2)sc2cc([N+](=O)[O-])ccc21. The van der Waals surface area contributed by atoms with Crippen LogP contribution in [0.25, 0.3) is 10.2 Å². The van der Waals surface area contributed by atoms with Crippen molar-refractivity contribution in [2.45, 2.75) is 24.3 Å². The topological polar surface area (TPSA) is 150 Å². The fourth-order valence-electron chi connectivity index (χ4n) is 4.03. The van der Waals surface area contributed by atoms with E-state index in [9.17, 15) is 28.1 Å². The first-order valence-electron chi connectivity index (χ1n) is 11.2. The van der Waals surface area contributed by atoms with Crippen molar-refractivity contribution in [3.8, 4) is 5.75 Å². The lowest BCUT2D eigenvalue weighted by atomic mass is 9.98. The van der Waals surface area contributed by atoms with Gasteiger partial charge in [-0.3, -0.25) is 19.7 Å². The molecule has 1 amide bonds. The summed E-state index contributed by atoms with van der Waals surface area (Å²) < 4.78 is 39.1. The number of methoxy groups -OCH3 is 2. The summed E-state index contributed by atoms with van der Waals surface area (Å²) >= 11 is 1.05. The third-order valence-electron chi connectivity index (χ3n) is 6.10. The molecule has 1 saturated heterocycles. The summed E-state index contributed by atoms with van der Waals surface area (Å²) in [6.45, 7) is 0.0844. The van der Waals surface area contributed by atoms with E-state index in [4.69, 9.17) is 9.47 Å². The number of benzene rings is 2. The third-order valence-corrected chi connectivity index (χ3v) is 9.05. The number of piperidine rings is 1. The number of amides is 1. The van der Waals surface area contributed by atoms with Gasteiger partial charge in [-0.25, -0.2) is 8.42 Å². The zero-order chi connectivity index (χ0) is 26.7. The number of fused-ring (bicyclic) bond motifs is 1. The lowest BCUT2D eigenvalue weighted by Crippen LogP contribution is -2.40. The van der Waals surface area contributed by atoms with Gasteiger partial charge in [0.15, 0.2) is 4.80 Å². The van der Waals surface area contributed by atoms with Crippen molar-refractivity contribution in [2.24, 2.45) is 10.9 Å². The Hall–Kier alpha value is -3.62. The van der Waals surface area contributed by atoms with Crippen LogP contribution in [0.1, 0.15) is 12.8 Å². The highest BCUT2D eigenvalue weighted by Gasteiger charge is 2.32. The number of carbonyl (C=O) groups is 2. The van der Waals surface area contributed by atoms with E-state index in [-0.39, 0.29) is 47.9 Å². The van der Waals surface area contributed by atoms with Crippen LogP contribution >= 0.6 is 11.3 Å². The predicted molar refractivity (Wildman–Crippen MR) is 134 cm³/mol. The molecule has 4 rings (SSSR count). The van der Waals surface area contributed by atoms with E-state index < -0.39 is 32.7 Å². The van der Waals surface area contributed by atoms with Crippen LogP contribution in [0.3, 0.4) is 0 Å². The van der Waals surface area contributed by atoms with Gasteiger partial charge >= 0.3 is 5.97 Å². The first-order chi connectivity index (χ1) is 17.6. The van der Waals surface area contributed by atoms with Crippen molar-refractivity contribution in [2.75, 3.05) is 27.3 Å². The number of nitro benzene ring substituents is 1. The molecule has 12 nitrogen and oxygen atoms in total. The van der Waals surface area contributed by atoms with Gasteiger partial charge in [-0.05, 0) is 43.2 Å². The van der Waals surface area contributed by atoms with Gasteiger partial charge in [0, 0.05) is 31.1 Å². The molecular weight excluding hydrogens is 524 g/mol. The maximum absolute atomic E-state index is 13.0. The number of carbonyl (C=O) groups excluding carboxylic acids is 2. The number of nitrogens with zero attached hydrogens (tertiary/aromatic N) is 4. The van der Waals surface area contributed by atoms with Gasteiger partial charge in [0.1, 0.15) is 12.3 Å². The molecule has 14 heteroatoms. The van der Waals surface area contributed by atoms with Crippen molar-refractivity contribution in [3.05, 3.63) is 57.4 Å². The van der Waals surface area contributed by atoms with Gasteiger partial charge in [-0.2, -0.15) is 9.30 Å². The van der Waals surface area contributed by atoms with Crippen molar-refractivity contribution < 1.29 is 32.4 Å². The third kappa shape index (κ3) is 5.55. The minimum Gasteiger partial charge on any atom is -0.497 e. The molecule has 0 unspecified atom stereocenters. The fourth-order valence-corrected chi connectivity index (χ4v) is 6.57.